The summed E-state index contributed by atoms with van der Waals surface area (Å²) in [7, 11) is 0. The van der Waals surface area contributed by atoms with E-state index in [9.17, 15) is 0 Å². The Kier molecular flexibility index (Phi) is 4.84. The third kappa shape index (κ3) is 3.73. The van der Waals surface area contributed by atoms with E-state index >= 15 is 0 Å². The van der Waals surface area contributed by atoms with E-state index in [0.717, 1.165) is 53.2 Å². The number of nitrogens with two attached hydrogens (primary N) is 2. The number of nitrogens with one attached hydrogen (secondary N) is 1. The van der Waals surface area contributed by atoms with Gasteiger partial charge in [-0.3, -0.25) is 4.40 Å². The minimum absolute atomic E-state index is 0.0819. The largest absolute Gasteiger partial charge is 0.352 e. The van der Waals surface area contributed by atoms with E-state index in [1.54, 1.807) is 12.4 Å². The van der Waals surface area contributed by atoms with E-state index in [0.29, 0.717) is 12.2 Å². The first kappa shape index (κ1) is 19.5. The highest BCUT2D eigenvalue weighted by molar-refractivity contribution is 5.66. The average molecular weight is 416 g/mol. The molecule has 1 aliphatic rings. The Morgan fingerprint density at radius 1 is 1.10 bits per heavy atom. The van der Waals surface area contributed by atoms with Gasteiger partial charge in [0, 0.05) is 18.4 Å². The van der Waals surface area contributed by atoms with Crippen LogP contribution in [0.3, 0.4) is 0 Å². The van der Waals surface area contributed by atoms with Gasteiger partial charge in [0.1, 0.15) is 17.8 Å². The Hall–Kier alpha value is -3.43. The number of nitrogens with zero attached hydrogens (tertiary/aromatic N) is 6. The summed E-state index contributed by atoms with van der Waals surface area (Å²) in [4.78, 5) is 22.1. The molecule has 5 rings (SSSR count). The normalized spacial score (nSPS) is 21.3. The van der Waals surface area contributed by atoms with Gasteiger partial charge < -0.3 is 16.8 Å². The van der Waals surface area contributed by atoms with Gasteiger partial charge in [-0.05, 0) is 50.3 Å². The van der Waals surface area contributed by atoms with Gasteiger partial charge in [-0.25, -0.2) is 24.9 Å². The van der Waals surface area contributed by atoms with Crippen molar-refractivity contribution in [1.82, 2.24) is 29.3 Å². The molecule has 5 N–H and O–H groups in total. The third-order valence-corrected chi connectivity index (χ3v) is 5.84. The van der Waals surface area contributed by atoms with E-state index in [2.05, 4.69) is 25.3 Å². The van der Waals surface area contributed by atoms with Crippen LogP contribution in [-0.4, -0.2) is 35.4 Å². The molecule has 0 saturated heterocycles. The second-order valence-corrected chi connectivity index (χ2v) is 8.28. The monoisotopic (exact) mass is 415 g/mol. The van der Waals surface area contributed by atoms with E-state index in [1.165, 1.54) is 6.33 Å². The van der Waals surface area contributed by atoms with E-state index in [4.69, 9.17) is 16.5 Å². The van der Waals surface area contributed by atoms with Crippen LogP contribution in [0.2, 0.25) is 0 Å². The van der Waals surface area contributed by atoms with Crippen LogP contribution in [0.15, 0.2) is 49.4 Å². The fraction of sp³-hybridized carbons (Fsp3) is 0.318. The average Bonchev–Trinajstić information content (AvgIpc) is 3.17. The lowest BCUT2D eigenvalue weighted by Crippen LogP contribution is -2.47. The summed E-state index contributed by atoms with van der Waals surface area (Å²) in [5.74, 6) is 0.647. The van der Waals surface area contributed by atoms with Crippen LogP contribution in [0, 0.1) is 6.92 Å². The molecule has 4 aromatic rings. The van der Waals surface area contributed by atoms with E-state index < -0.39 is 5.54 Å². The molecule has 2 atom stereocenters. The lowest BCUT2D eigenvalue weighted by atomic mass is 9.79. The molecule has 1 saturated carbocycles. The van der Waals surface area contributed by atoms with Crippen molar-refractivity contribution < 1.29 is 0 Å². The molecule has 0 amide bonds. The summed E-state index contributed by atoms with van der Waals surface area (Å²) in [6, 6.07) is 4.01. The minimum atomic E-state index is -0.597. The summed E-state index contributed by atoms with van der Waals surface area (Å²) >= 11 is 0. The molecule has 9 nitrogen and oxygen atoms in total. The maximum absolute atomic E-state index is 6.72. The smallest absolute Gasteiger partial charge is 0.148 e. The fourth-order valence-electron chi connectivity index (χ4n) is 4.26. The Balaban J connectivity index is 1.55. The lowest BCUT2D eigenvalue weighted by molar-refractivity contribution is 0.260. The second kappa shape index (κ2) is 7.68. The summed E-state index contributed by atoms with van der Waals surface area (Å²) in [5.41, 5.74) is 17.5. The molecule has 1 aliphatic carbocycles. The summed E-state index contributed by atoms with van der Waals surface area (Å²) in [6.07, 6.45) is 14.1. The van der Waals surface area contributed by atoms with Crippen molar-refractivity contribution in [3.63, 3.8) is 0 Å². The maximum Gasteiger partial charge on any atom is 0.148 e. The fourth-order valence-corrected chi connectivity index (χ4v) is 4.26. The third-order valence-electron chi connectivity index (χ3n) is 5.84. The SMILES string of the molecule is Cc1cnc(C2(N)CCCC(N)C2)nc1-c1cnc2ccc(Nc3cncnc3)cn12. The zero-order valence-corrected chi connectivity index (χ0v) is 17.4. The number of hydrogen-bond donors (Lipinski definition) is 3. The van der Waals surface area contributed by atoms with Gasteiger partial charge >= 0.3 is 0 Å². The number of rotatable bonds is 4. The molecule has 2 unspecified atom stereocenters. The van der Waals surface area contributed by atoms with Gasteiger partial charge in [0.2, 0.25) is 0 Å². The molecule has 0 bridgehead atoms. The zero-order valence-electron chi connectivity index (χ0n) is 17.4. The van der Waals surface area contributed by atoms with Gasteiger partial charge in [0.05, 0.1) is 46.9 Å². The van der Waals surface area contributed by atoms with Crippen molar-refractivity contribution in [2.24, 2.45) is 11.5 Å². The highest BCUT2D eigenvalue weighted by Gasteiger charge is 2.36. The number of anilines is 2. The van der Waals surface area contributed by atoms with Crippen LogP contribution < -0.4 is 16.8 Å². The van der Waals surface area contributed by atoms with Crippen LogP contribution in [0.25, 0.3) is 17.0 Å². The highest BCUT2D eigenvalue weighted by Crippen LogP contribution is 2.34. The molecule has 0 spiro atoms. The van der Waals surface area contributed by atoms with Crippen LogP contribution in [-0.2, 0) is 5.54 Å². The number of imidazole rings is 1. The van der Waals surface area contributed by atoms with Crippen LogP contribution in [0.5, 0.6) is 0 Å². The standard InChI is InChI=1S/C22H25N9/c1-14-8-28-21(22(24)6-2-3-15(23)7-22)30-20(14)18-11-27-19-5-4-16(12-31(18)19)29-17-9-25-13-26-10-17/h4-5,8-13,15,29H,2-3,6-7,23-24H2,1H3. The Morgan fingerprint density at radius 2 is 1.94 bits per heavy atom. The first-order valence-corrected chi connectivity index (χ1v) is 10.4. The summed E-state index contributed by atoms with van der Waals surface area (Å²) in [6.45, 7) is 2.00. The summed E-state index contributed by atoms with van der Waals surface area (Å²) in [5, 5.41) is 3.31. The highest BCUT2D eigenvalue weighted by atomic mass is 15.1. The number of hydrogen-bond acceptors (Lipinski definition) is 8. The van der Waals surface area contributed by atoms with Gasteiger partial charge in [0.15, 0.2) is 0 Å². The number of aromatic nitrogens is 6. The molecule has 0 radical (unpaired) electrons. The maximum atomic E-state index is 6.72. The minimum Gasteiger partial charge on any atom is -0.352 e. The quantitative estimate of drug-likeness (QED) is 0.463. The Morgan fingerprint density at radius 3 is 2.74 bits per heavy atom. The molecule has 31 heavy (non-hydrogen) atoms. The molecular formula is C22H25N9. The number of fused-ring (bicyclic) bond motifs is 1. The van der Waals surface area contributed by atoms with Crippen molar-refractivity contribution in [2.45, 2.75) is 44.2 Å². The van der Waals surface area contributed by atoms with Crippen molar-refractivity contribution in [2.75, 3.05) is 5.32 Å². The first-order chi connectivity index (χ1) is 15.0. The predicted molar refractivity (Wildman–Crippen MR) is 119 cm³/mol. The Bertz CT molecular complexity index is 1220. The van der Waals surface area contributed by atoms with Gasteiger partial charge in [-0.1, -0.05) is 0 Å². The molecule has 0 aromatic carbocycles. The van der Waals surface area contributed by atoms with Gasteiger partial charge in [0.25, 0.3) is 0 Å². The lowest BCUT2D eigenvalue weighted by Gasteiger charge is -2.35. The van der Waals surface area contributed by atoms with Gasteiger partial charge in [-0.15, -0.1) is 0 Å². The van der Waals surface area contributed by atoms with Crippen LogP contribution >= 0.6 is 0 Å². The number of pyridine rings is 1. The molecule has 158 valence electrons. The molecular weight excluding hydrogens is 390 g/mol. The Labute approximate surface area is 180 Å². The first-order valence-electron chi connectivity index (χ1n) is 10.4. The second-order valence-electron chi connectivity index (χ2n) is 8.28. The summed E-state index contributed by atoms with van der Waals surface area (Å²) < 4.78 is 2.01. The van der Waals surface area contributed by atoms with E-state index in [-0.39, 0.29) is 6.04 Å². The van der Waals surface area contributed by atoms with Crippen molar-refractivity contribution in [3.8, 4) is 11.4 Å². The molecule has 4 heterocycles. The van der Waals surface area contributed by atoms with Crippen molar-refractivity contribution >= 4 is 17.0 Å². The van der Waals surface area contributed by atoms with E-state index in [1.807, 2.05) is 42.0 Å². The number of aryl methyl sites for hydroxylation is 1. The van der Waals surface area contributed by atoms with Crippen LogP contribution in [0.4, 0.5) is 11.4 Å². The van der Waals surface area contributed by atoms with Gasteiger partial charge in [-0.2, -0.15) is 0 Å². The predicted octanol–water partition coefficient (Wildman–Crippen LogP) is 2.69. The molecule has 9 heteroatoms. The molecule has 0 aliphatic heterocycles. The van der Waals surface area contributed by atoms with Crippen molar-refractivity contribution in [1.29, 1.82) is 0 Å². The van der Waals surface area contributed by atoms with Crippen molar-refractivity contribution in [3.05, 3.63) is 60.8 Å². The molecule has 4 aromatic heterocycles. The topological polar surface area (TPSA) is 133 Å². The molecule has 1 fully saturated rings. The zero-order chi connectivity index (χ0) is 21.4. The van der Waals surface area contributed by atoms with Crippen LogP contribution in [0.1, 0.15) is 37.1 Å².